The number of anilines is 1. The molecule has 21 heavy (non-hydrogen) atoms. The molecule has 1 aliphatic heterocycles. The smallest absolute Gasteiger partial charge is 0.147 e. The van der Waals surface area contributed by atoms with Gasteiger partial charge >= 0.3 is 0 Å². The Morgan fingerprint density at radius 3 is 2.90 bits per heavy atom. The van der Waals surface area contributed by atoms with Crippen molar-refractivity contribution < 1.29 is 0 Å². The molecule has 2 rings (SSSR count). The van der Waals surface area contributed by atoms with Crippen LogP contribution in [-0.4, -0.2) is 29.1 Å². The molecular weight excluding hydrogens is 260 g/mol. The van der Waals surface area contributed by atoms with Crippen LogP contribution in [0.5, 0.6) is 0 Å². The quantitative estimate of drug-likeness (QED) is 0.872. The van der Waals surface area contributed by atoms with Gasteiger partial charge in [0.05, 0.1) is 11.9 Å². The largest absolute Gasteiger partial charge is 0.355 e. The van der Waals surface area contributed by atoms with Crippen molar-refractivity contribution in [3.63, 3.8) is 0 Å². The van der Waals surface area contributed by atoms with Gasteiger partial charge in [0.25, 0.3) is 0 Å². The topological polar surface area (TPSA) is 41.1 Å². The van der Waals surface area contributed by atoms with Gasteiger partial charge in [-0.25, -0.2) is 4.98 Å². The van der Waals surface area contributed by atoms with Crippen molar-refractivity contribution in [3.05, 3.63) is 18.1 Å². The Balaban J connectivity index is 1.96. The summed E-state index contributed by atoms with van der Waals surface area (Å²) in [6, 6.07) is 0.475. The monoisotopic (exact) mass is 290 g/mol. The minimum Gasteiger partial charge on any atom is -0.355 e. The summed E-state index contributed by atoms with van der Waals surface area (Å²) in [4.78, 5) is 11.6. The molecule has 0 radical (unpaired) electrons. The molecule has 0 amide bonds. The van der Waals surface area contributed by atoms with E-state index in [4.69, 9.17) is 4.98 Å². The van der Waals surface area contributed by atoms with Crippen LogP contribution in [0.15, 0.2) is 12.4 Å². The van der Waals surface area contributed by atoms with Crippen molar-refractivity contribution in [3.8, 4) is 0 Å². The molecule has 118 valence electrons. The van der Waals surface area contributed by atoms with Crippen LogP contribution >= 0.6 is 0 Å². The van der Waals surface area contributed by atoms with E-state index < -0.39 is 0 Å². The molecule has 1 atom stereocenters. The Labute approximate surface area is 129 Å². The Kier molecular flexibility index (Phi) is 6.43. The summed E-state index contributed by atoms with van der Waals surface area (Å²) in [5.41, 5.74) is 1.04. The lowest BCUT2D eigenvalue weighted by Crippen LogP contribution is -2.27. The van der Waals surface area contributed by atoms with Crippen molar-refractivity contribution in [2.75, 3.05) is 18.0 Å². The highest BCUT2D eigenvalue weighted by Crippen LogP contribution is 2.24. The molecule has 1 aromatic rings. The minimum absolute atomic E-state index is 0.475. The van der Waals surface area contributed by atoms with Gasteiger partial charge in [-0.3, -0.25) is 4.98 Å². The van der Waals surface area contributed by atoms with Crippen LogP contribution in [0.3, 0.4) is 0 Å². The Bertz CT molecular complexity index is 419. The molecule has 1 fully saturated rings. The van der Waals surface area contributed by atoms with Crippen molar-refractivity contribution >= 4 is 5.82 Å². The Morgan fingerprint density at radius 2 is 2.14 bits per heavy atom. The van der Waals surface area contributed by atoms with Gasteiger partial charge in [0.1, 0.15) is 5.82 Å². The van der Waals surface area contributed by atoms with Gasteiger partial charge in [0, 0.05) is 31.9 Å². The summed E-state index contributed by atoms with van der Waals surface area (Å²) in [6.07, 6.45) is 10.4. The van der Waals surface area contributed by atoms with E-state index in [0.29, 0.717) is 6.04 Å². The average Bonchev–Trinajstić information content (AvgIpc) is 2.72. The fraction of sp³-hybridized carbons (Fsp3) is 0.765. The van der Waals surface area contributed by atoms with E-state index in [1.54, 1.807) is 0 Å². The fourth-order valence-corrected chi connectivity index (χ4v) is 3.03. The summed E-state index contributed by atoms with van der Waals surface area (Å²) >= 11 is 0. The lowest BCUT2D eigenvalue weighted by Gasteiger charge is -2.22. The van der Waals surface area contributed by atoms with E-state index >= 15 is 0 Å². The maximum atomic E-state index is 4.78. The van der Waals surface area contributed by atoms with Crippen molar-refractivity contribution in [2.45, 2.75) is 65.5 Å². The highest BCUT2D eigenvalue weighted by atomic mass is 15.2. The fourth-order valence-electron chi connectivity index (χ4n) is 3.03. The van der Waals surface area contributed by atoms with E-state index in [0.717, 1.165) is 37.1 Å². The average molecular weight is 290 g/mol. The van der Waals surface area contributed by atoms with Gasteiger partial charge in [-0.15, -0.1) is 0 Å². The van der Waals surface area contributed by atoms with E-state index in [1.165, 1.54) is 32.1 Å². The molecule has 0 spiro atoms. The van der Waals surface area contributed by atoms with Crippen LogP contribution in [0, 0.1) is 5.92 Å². The minimum atomic E-state index is 0.475. The zero-order valence-electron chi connectivity index (χ0n) is 13.8. The first kappa shape index (κ1) is 16.2. The molecule has 1 saturated heterocycles. The number of nitrogens with zero attached hydrogens (tertiary/aromatic N) is 3. The maximum absolute atomic E-state index is 4.78. The second-order valence-corrected chi connectivity index (χ2v) is 6.48. The summed E-state index contributed by atoms with van der Waals surface area (Å²) in [6.45, 7) is 9.64. The van der Waals surface area contributed by atoms with E-state index in [1.807, 2.05) is 12.4 Å². The summed E-state index contributed by atoms with van der Waals surface area (Å²) in [5, 5.41) is 3.41. The lowest BCUT2D eigenvalue weighted by atomic mass is 9.96. The summed E-state index contributed by atoms with van der Waals surface area (Å²) < 4.78 is 0. The lowest BCUT2D eigenvalue weighted by molar-refractivity contribution is 0.435. The molecule has 4 nitrogen and oxygen atoms in total. The standard InChI is InChI=1S/C17H30N4/c1-4-6-15-7-5-9-21(10-8-15)17-13-18-11-16(20-17)12-19-14(2)3/h11,13-15,19H,4-10,12H2,1-3H3. The third-order valence-electron chi connectivity index (χ3n) is 4.23. The van der Waals surface area contributed by atoms with Crippen LogP contribution in [0.1, 0.15) is 58.6 Å². The van der Waals surface area contributed by atoms with Crippen molar-refractivity contribution in [1.29, 1.82) is 0 Å². The molecule has 0 aromatic carbocycles. The predicted octanol–water partition coefficient (Wildman–Crippen LogP) is 3.38. The van der Waals surface area contributed by atoms with Gasteiger partial charge in [-0.2, -0.15) is 0 Å². The molecule has 0 aliphatic carbocycles. The maximum Gasteiger partial charge on any atom is 0.147 e. The van der Waals surface area contributed by atoms with Gasteiger partial charge < -0.3 is 10.2 Å². The predicted molar refractivity (Wildman–Crippen MR) is 88.5 cm³/mol. The molecule has 1 aliphatic rings. The number of aromatic nitrogens is 2. The van der Waals surface area contributed by atoms with Gasteiger partial charge in [0.2, 0.25) is 0 Å². The van der Waals surface area contributed by atoms with Gasteiger partial charge in [0.15, 0.2) is 0 Å². The molecule has 4 heteroatoms. The zero-order chi connectivity index (χ0) is 15.1. The van der Waals surface area contributed by atoms with Gasteiger partial charge in [-0.1, -0.05) is 33.6 Å². The first-order valence-corrected chi connectivity index (χ1v) is 8.48. The summed E-state index contributed by atoms with van der Waals surface area (Å²) in [7, 11) is 0. The summed E-state index contributed by atoms with van der Waals surface area (Å²) in [5.74, 6) is 1.95. The third kappa shape index (κ3) is 5.27. The molecular formula is C17H30N4. The van der Waals surface area contributed by atoms with Crippen LogP contribution in [0.4, 0.5) is 5.82 Å². The Hall–Kier alpha value is -1.16. The third-order valence-corrected chi connectivity index (χ3v) is 4.23. The van der Waals surface area contributed by atoms with Gasteiger partial charge in [-0.05, 0) is 25.2 Å². The number of rotatable bonds is 6. The highest BCUT2D eigenvalue weighted by Gasteiger charge is 2.17. The SMILES string of the molecule is CCCC1CCCN(c2cncc(CNC(C)C)n2)CC1. The number of hydrogen-bond donors (Lipinski definition) is 1. The van der Waals surface area contributed by atoms with Crippen LogP contribution < -0.4 is 10.2 Å². The molecule has 0 saturated carbocycles. The second kappa shape index (κ2) is 8.32. The molecule has 1 N–H and O–H groups in total. The first-order chi connectivity index (χ1) is 10.2. The highest BCUT2D eigenvalue weighted by molar-refractivity contribution is 5.36. The number of hydrogen-bond acceptors (Lipinski definition) is 4. The second-order valence-electron chi connectivity index (χ2n) is 6.48. The molecule has 1 unspecified atom stereocenters. The van der Waals surface area contributed by atoms with Crippen LogP contribution in [-0.2, 0) is 6.54 Å². The Morgan fingerprint density at radius 1 is 1.29 bits per heavy atom. The first-order valence-electron chi connectivity index (χ1n) is 8.48. The van der Waals surface area contributed by atoms with E-state index in [2.05, 4.69) is 36.0 Å². The number of nitrogens with one attached hydrogen (secondary N) is 1. The molecule has 0 bridgehead atoms. The molecule has 2 heterocycles. The van der Waals surface area contributed by atoms with Crippen LogP contribution in [0.2, 0.25) is 0 Å². The van der Waals surface area contributed by atoms with Crippen molar-refractivity contribution in [2.24, 2.45) is 5.92 Å². The normalized spacial score (nSPS) is 19.8. The van der Waals surface area contributed by atoms with E-state index in [9.17, 15) is 0 Å². The molecule has 1 aromatic heterocycles. The van der Waals surface area contributed by atoms with Crippen LogP contribution in [0.25, 0.3) is 0 Å². The zero-order valence-corrected chi connectivity index (χ0v) is 13.8. The van der Waals surface area contributed by atoms with Crippen molar-refractivity contribution in [1.82, 2.24) is 15.3 Å². The van der Waals surface area contributed by atoms with E-state index in [-0.39, 0.29) is 0 Å².